The molecule has 0 saturated heterocycles. The van der Waals surface area contributed by atoms with Crippen molar-refractivity contribution in [3.63, 3.8) is 0 Å². The third-order valence-corrected chi connectivity index (χ3v) is 24.1. The quantitative estimate of drug-likeness (QED) is 0.130. The van der Waals surface area contributed by atoms with Gasteiger partial charge in [-0.3, -0.25) is 0 Å². The topological polar surface area (TPSA) is 140 Å². The van der Waals surface area contributed by atoms with Crippen molar-refractivity contribution in [2.75, 3.05) is 0 Å². The van der Waals surface area contributed by atoms with Crippen LogP contribution in [-0.2, 0) is 0 Å². The highest BCUT2D eigenvalue weighted by Crippen LogP contribution is 2.49. The van der Waals surface area contributed by atoms with Gasteiger partial charge in [-0.05, 0) is 153 Å². The lowest BCUT2D eigenvalue weighted by molar-refractivity contribution is 0.668. The van der Waals surface area contributed by atoms with Gasteiger partial charge in [0.05, 0.1) is 32.8 Å². The maximum absolute atomic E-state index is 6.98. The second kappa shape index (κ2) is 27.5. The molecular weight excluding hydrogens is 1500 g/mol. The van der Waals surface area contributed by atoms with E-state index in [4.69, 9.17) is 47.6 Å². The Morgan fingerprint density at radius 3 is 0.926 bits per heavy atom. The SMILES string of the molecule is c1ccc(-c2nc(-c3ccccc3)nc(-c3ccc4c(c3)oc3ccc(-n5c6ccccc6c6c7oc8cc(-c9ccccc9)c9ccccc9c8c7ccc65)cc34)n2)cc1.c1ccc(-c2nc(-c3ccccc3)nc(-c3ccc4oc5cc(-n6c7ccccc7c7c8oc9cc(-c%10ccccc%10)c%10ccccc%10c9c8ccc76)ccc5c4c3)n2)cc1. The third-order valence-electron chi connectivity index (χ3n) is 24.1. The molecule has 12 nitrogen and oxygen atoms in total. The van der Waals surface area contributed by atoms with Crippen LogP contribution < -0.4 is 0 Å². The normalized spacial score (nSPS) is 11.9. The first-order valence-electron chi connectivity index (χ1n) is 40.9. The first kappa shape index (κ1) is 68.5. The van der Waals surface area contributed by atoms with Gasteiger partial charge in [0.25, 0.3) is 0 Å². The molecule has 0 atom stereocenters. The summed E-state index contributed by atoms with van der Waals surface area (Å²) in [6.07, 6.45) is 0. The fraction of sp³-hybridized carbons (Fsp3) is 0. The van der Waals surface area contributed by atoms with E-state index >= 15 is 0 Å². The summed E-state index contributed by atoms with van der Waals surface area (Å²) in [7, 11) is 0. The molecule has 0 spiro atoms. The number of furan rings is 4. The third kappa shape index (κ3) is 11.0. The average molecular weight is 1560 g/mol. The molecule has 0 saturated carbocycles. The highest BCUT2D eigenvalue weighted by Gasteiger charge is 2.26. The van der Waals surface area contributed by atoms with Gasteiger partial charge < -0.3 is 26.8 Å². The van der Waals surface area contributed by atoms with Crippen LogP contribution in [0.4, 0.5) is 0 Å². The lowest BCUT2D eigenvalue weighted by atomic mass is 9.95. The zero-order chi connectivity index (χ0) is 80.0. The molecule has 0 radical (unpaired) electrons. The van der Waals surface area contributed by atoms with E-state index in [9.17, 15) is 0 Å². The Balaban J connectivity index is 0.000000134. The molecular formula is C110H64N8O4. The smallest absolute Gasteiger partial charge is 0.164 e. The van der Waals surface area contributed by atoms with Gasteiger partial charge in [-0.2, -0.15) is 0 Å². The Kier molecular flexibility index (Phi) is 15.4. The van der Waals surface area contributed by atoms with Gasteiger partial charge in [0.1, 0.15) is 44.7 Å². The van der Waals surface area contributed by atoms with E-state index in [2.05, 4.69) is 258 Å². The van der Waals surface area contributed by atoms with E-state index in [0.717, 1.165) is 187 Å². The summed E-state index contributed by atoms with van der Waals surface area (Å²) < 4.78 is 31.8. The van der Waals surface area contributed by atoms with Crippen molar-refractivity contribution in [3.05, 3.63) is 388 Å². The van der Waals surface area contributed by atoms with Crippen LogP contribution in [0.3, 0.4) is 0 Å². The number of benzene rings is 18. The van der Waals surface area contributed by atoms with Crippen molar-refractivity contribution in [2.45, 2.75) is 0 Å². The summed E-state index contributed by atoms with van der Waals surface area (Å²) >= 11 is 0. The zero-order valence-electron chi connectivity index (χ0n) is 65.2. The lowest BCUT2D eigenvalue weighted by Gasteiger charge is -2.09. The highest BCUT2D eigenvalue weighted by atomic mass is 16.3. The minimum absolute atomic E-state index is 0.585. The standard InChI is InChI=1S/2C55H32N4O2/c1-4-14-33(15-5-1)43-32-49-50(40-21-11-10-20-38(40)43)42-27-28-46-51(52(42)61-49)41-22-12-13-23-45(41)59(46)37-25-26-39-44-30-36(24-29-47(44)60-48(39)31-37)55-57-53(34-16-6-2-7-17-34)56-54(58-55)35-18-8-3-9-19-35;1-4-14-33(15-5-1)43-32-49-50(40-21-11-10-20-38(40)43)42-27-28-46-51(52(42)61-49)41-22-12-13-23-45(41)59(46)37-25-29-47-44(31-37)39-26-24-36(30-48(39)60-47)55-57-53(34-16-6-2-7-17-34)56-54(58-55)35-18-8-3-9-19-35/h2*1-32H. The first-order valence-corrected chi connectivity index (χ1v) is 40.9. The minimum Gasteiger partial charge on any atom is -0.456 e. The molecule has 0 aliphatic carbocycles. The number of rotatable bonds is 10. The maximum Gasteiger partial charge on any atom is 0.164 e. The first-order chi connectivity index (χ1) is 60.5. The van der Waals surface area contributed by atoms with Gasteiger partial charge in [0.15, 0.2) is 34.9 Å². The molecule has 568 valence electrons. The average Bonchev–Trinajstić information content (AvgIpc) is 1.55. The minimum atomic E-state index is 0.585. The molecule has 0 amide bonds. The van der Waals surface area contributed by atoms with Gasteiger partial charge in [-0.25, -0.2) is 29.9 Å². The molecule has 0 unspecified atom stereocenters. The Hall–Kier alpha value is -16.7. The Labute approximate surface area is 695 Å². The maximum atomic E-state index is 6.98. The van der Waals surface area contributed by atoms with Crippen LogP contribution in [0.1, 0.15) is 0 Å². The molecule has 26 aromatic rings. The van der Waals surface area contributed by atoms with Gasteiger partial charge in [0, 0.05) is 105 Å². The lowest BCUT2D eigenvalue weighted by Crippen LogP contribution is -2.00. The Morgan fingerprint density at radius 2 is 0.484 bits per heavy atom. The van der Waals surface area contributed by atoms with E-state index in [1.807, 2.05) is 140 Å². The van der Waals surface area contributed by atoms with Gasteiger partial charge >= 0.3 is 0 Å². The molecule has 0 fully saturated rings. The second-order valence-electron chi connectivity index (χ2n) is 31.1. The van der Waals surface area contributed by atoms with E-state index in [0.29, 0.717) is 34.9 Å². The summed E-state index contributed by atoms with van der Waals surface area (Å²) in [5.74, 6) is 3.69. The number of aromatic nitrogens is 8. The number of nitrogens with zero attached hydrogens (tertiary/aromatic N) is 8. The van der Waals surface area contributed by atoms with E-state index in [-0.39, 0.29) is 0 Å². The molecule has 26 rings (SSSR count). The van der Waals surface area contributed by atoms with Crippen molar-refractivity contribution >= 4 is 153 Å². The summed E-state index contributed by atoms with van der Waals surface area (Å²) in [5, 5.41) is 17.8. The molecule has 0 bridgehead atoms. The Morgan fingerprint density at radius 1 is 0.164 bits per heavy atom. The zero-order valence-corrected chi connectivity index (χ0v) is 65.2. The highest BCUT2D eigenvalue weighted by molar-refractivity contribution is 6.31. The van der Waals surface area contributed by atoms with Crippen molar-refractivity contribution in [1.29, 1.82) is 0 Å². The second-order valence-corrected chi connectivity index (χ2v) is 31.1. The van der Waals surface area contributed by atoms with Crippen LogP contribution in [0.15, 0.2) is 406 Å². The van der Waals surface area contributed by atoms with E-state index < -0.39 is 0 Å². The Bertz CT molecular complexity index is 8640. The summed E-state index contributed by atoms with van der Waals surface area (Å²) in [4.78, 5) is 29.6. The van der Waals surface area contributed by atoms with Gasteiger partial charge in [-0.1, -0.05) is 273 Å². The van der Waals surface area contributed by atoms with Crippen molar-refractivity contribution in [2.24, 2.45) is 0 Å². The molecule has 8 heterocycles. The number of hydrogen-bond acceptors (Lipinski definition) is 10. The van der Waals surface area contributed by atoms with E-state index in [1.54, 1.807) is 0 Å². The monoisotopic (exact) mass is 1560 g/mol. The van der Waals surface area contributed by atoms with Crippen molar-refractivity contribution in [3.8, 4) is 102 Å². The van der Waals surface area contributed by atoms with Gasteiger partial charge in [0.2, 0.25) is 0 Å². The van der Waals surface area contributed by atoms with Crippen molar-refractivity contribution < 1.29 is 17.7 Å². The molecule has 0 aliphatic rings. The molecule has 8 aromatic heterocycles. The fourth-order valence-electron chi connectivity index (χ4n) is 18.5. The summed E-state index contributed by atoms with van der Waals surface area (Å²) in [6, 6.07) is 135. The molecule has 12 heteroatoms. The van der Waals surface area contributed by atoms with Crippen LogP contribution in [0.5, 0.6) is 0 Å². The molecule has 18 aromatic carbocycles. The molecule has 0 aliphatic heterocycles. The van der Waals surface area contributed by atoms with Gasteiger partial charge in [-0.15, -0.1) is 0 Å². The van der Waals surface area contributed by atoms with Crippen molar-refractivity contribution in [1.82, 2.24) is 39.0 Å². The molecule has 0 N–H and O–H groups in total. The van der Waals surface area contributed by atoms with Crippen LogP contribution >= 0.6 is 0 Å². The number of hydrogen-bond donors (Lipinski definition) is 0. The summed E-state index contributed by atoms with van der Waals surface area (Å²) in [5.41, 5.74) is 23.2. The fourth-order valence-corrected chi connectivity index (χ4v) is 18.5. The predicted molar refractivity (Wildman–Crippen MR) is 496 cm³/mol. The van der Waals surface area contributed by atoms with Crippen LogP contribution in [0.2, 0.25) is 0 Å². The largest absolute Gasteiger partial charge is 0.456 e. The number of para-hydroxylation sites is 2. The van der Waals surface area contributed by atoms with Crippen LogP contribution in [-0.4, -0.2) is 39.0 Å². The number of fused-ring (bicyclic) bond motifs is 24. The van der Waals surface area contributed by atoms with Crippen LogP contribution in [0, 0.1) is 0 Å². The van der Waals surface area contributed by atoms with Crippen LogP contribution in [0.25, 0.3) is 255 Å². The predicted octanol–water partition coefficient (Wildman–Crippen LogP) is 29.2. The summed E-state index contributed by atoms with van der Waals surface area (Å²) in [6.45, 7) is 0. The molecule has 122 heavy (non-hydrogen) atoms. The van der Waals surface area contributed by atoms with E-state index in [1.165, 1.54) is 32.7 Å².